The van der Waals surface area contributed by atoms with Gasteiger partial charge in [-0.25, -0.2) is 0 Å². The molecule has 0 spiro atoms. The van der Waals surface area contributed by atoms with Gasteiger partial charge >= 0.3 is 0 Å². The standard InChI is InChI=1S/C17H26O2/c1-16(11-18)8-3-9-17(2)14-6-5-13(19)10-12(14)4-7-15(16)17/h10,14-15,18H,3-9,11H2,1-2H3. The molecule has 0 amide bonds. The third-order valence-electron chi connectivity index (χ3n) is 6.45. The van der Waals surface area contributed by atoms with Crippen LogP contribution < -0.4 is 0 Å². The number of allylic oxidation sites excluding steroid dienone is 2. The first kappa shape index (κ1) is 13.4. The SMILES string of the molecule is CC1(CO)CCCC2(C)C3CCC(=O)C=C3CCC12. The van der Waals surface area contributed by atoms with E-state index in [0.29, 0.717) is 29.6 Å². The second-order valence-corrected chi connectivity index (χ2v) is 7.54. The fraction of sp³-hybridized carbons (Fsp3) is 0.824. The zero-order chi connectivity index (χ0) is 13.7. The minimum absolute atomic E-state index is 0.0972. The van der Waals surface area contributed by atoms with Crippen LogP contribution in [0.2, 0.25) is 0 Å². The maximum absolute atomic E-state index is 11.6. The molecule has 4 unspecified atom stereocenters. The highest BCUT2D eigenvalue weighted by atomic mass is 16.3. The molecule has 3 rings (SSSR count). The smallest absolute Gasteiger partial charge is 0.155 e. The van der Waals surface area contributed by atoms with Crippen LogP contribution in [0.25, 0.3) is 0 Å². The normalized spacial score (nSPS) is 46.3. The van der Waals surface area contributed by atoms with E-state index >= 15 is 0 Å². The largest absolute Gasteiger partial charge is 0.396 e. The summed E-state index contributed by atoms with van der Waals surface area (Å²) in [5.74, 6) is 1.54. The molecular weight excluding hydrogens is 236 g/mol. The predicted molar refractivity (Wildman–Crippen MR) is 75.7 cm³/mol. The molecule has 106 valence electrons. The van der Waals surface area contributed by atoms with Gasteiger partial charge < -0.3 is 5.11 Å². The van der Waals surface area contributed by atoms with Crippen molar-refractivity contribution < 1.29 is 9.90 Å². The fourth-order valence-electron chi connectivity index (χ4n) is 5.46. The summed E-state index contributed by atoms with van der Waals surface area (Å²) >= 11 is 0. The van der Waals surface area contributed by atoms with Crippen LogP contribution >= 0.6 is 0 Å². The third kappa shape index (κ3) is 1.91. The minimum Gasteiger partial charge on any atom is -0.396 e. The monoisotopic (exact) mass is 262 g/mol. The fourth-order valence-corrected chi connectivity index (χ4v) is 5.46. The van der Waals surface area contributed by atoms with E-state index in [2.05, 4.69) is 13.8 Å². The summed E-state index contributed by atoms with van der Waals surface area (Å²) in [7, 11) is 0. The quantitative estimate of drug-likeness (QED) is 0.785. The van der Waals surface area contributed by atoms with Crippen LogP contribution in [-0.2, 0) is 4.79 Å². The van der Waals surface area contributed by atoms with Gasteiger partial charge in [0.05, 0.1) is 0 Å². The Morgan fingerprint density at radius 1 is 1.26 bits per heavy atom. The summed E-state index contributed by atoms with van der Waals surface area (Å²) in [5, 5.41) is 9.87. The molecular formula is C17H26O2. The number of ketones is 1. The number of hydrogen-bond acceptors (Lipinski definition) is 2. The number of rotatable bonds is 1. The molecule has 0 aromatic rings. The van der Waals surface area contributed by atoms with E-state index in [0.717, 1.165) is 32.1 Å². The molecule has 0 radical (unpaired) electrons. The molecule has 19 heavy (non-hydrogen) atoms. The van der Waals surface area contributed by atoms with Crippen molar-refractivity contribution in [1.29, 1.82) is 0 Å². The molecule has 2 saturated carbocycles. The molecule has 0 aromatic carbocycles. The average molecular weight is 262 g/mol. The van der Waals surface area contributed by atoms with Gasteiger partial charge in [0.1, 0.15) is 0 Å². The van der Waals surface area contributed by atoms with E-state index in [-0.39, 0.29) is 5.41 Å². The molecule has 0 bridgehead atoms. The van der Waals surface area contributed by atoms with Gasteiger partial charge in [-0.1, -0.05) is 25.8 Å². The Hall–Kier alpha value is -0.630. The van der Waals surface area contributed by atoms with E-state index in [1.54, 1.807) is 0 Å². The first-order valence-corrected chi connectivity index (χ1v) is 7.84. The van der Waals surface area contributed by atoms with E-state index < -0.39 is 0 Å². The van der Waals surface area contributed by atoms with Crippen LogP contribution in [0.4, 0.5) is 0 Å². The Labute approximate surface area is 116 Å². The van der Waals surface area contributed by atoms with E-state index in [9.17, 15) is 9.90 Å². The van der Waals surface area contributed by atoms with Crippen molar-refractivity contribution in [2.24, 2.45) is 22.7 Å². The lowest BCUT2D eigenvalue weighted by Crippen LogP contribution is -2.52. The van der Waals surface area contributed by atoms with E-state index in [1.807, 2.05) is 6.08 Å². The average Bonchev–Trinajstić information content (AvgIpc) is 2.38. The number of fused-ring (bicyclic) bond motifs is 3. The zero-order valence-electron chi connectivity index (χ0n) is 12.2. The summed E-state index contributed by atoms with van der Waals surface area (Å²) in [5.41, 5.74) is 1.82. The van der Waals surface area contributed by atoms with Gasteiger partial charge in [-0.2, -0.15) is 0 Å². The molecule has 0 saturated heterocycles. The Morgan fingerprint density at radius 3 is 2.79 bits per heavy atom. The lowest BCUT2D eigenvalue weighted by atomic mass is 9.46. The van der Waals surface area contributed by atoms with Gasteiger partial charge in [-0.3, -0.25) is 4.79 Å². The highest BCUT2D eigenvalue weighted by Gasteiger charge is 2.54. The van der Waals surface area contributed by atoms with Crippen LogP contribution in [0, 0.1) is 22.7 Å². The number of hydrogen-bond donors (Lipinski definition) is 1. The number of aliphatic hydroxyl groups is 1. The molecule has 1 N–H and O–H groups in total. The van der Waals surface area contributed by atoms with Crippen molar-refractivity contribution in [1.82, 2.24) is 0 Å². The Kier molecular flexibility index (Phi) is 3.12. The van der Waals surface area contributed by atoms with Crippen LogP contribution in [0.5, 0.6) is 0 Å². The molecule has 2 fully saturated rings. The number of carbonyl (C=O) groups is 1. The van der Waals surface area contributed by atoms with Gasteiger partial charge in [0.2, 0.25) is 0 Å². The molecule has 2 heteroatoms. The molecule has 0 aliphatic heterocycles. The maximum Gasteiger partial charge on any atom is 0.155 e. The van der Waals surface area contributed by atoms with Gasteiger partial charge in [-0.15, -0.1) is 0 Å². The maximum atomic E-state index is 11.6. The predicted octanol–water partition coefficient (Wildman–Crippen LogP) is 3.49. The lowest BCUT2D eigenvalue weighted by Gasteiger charge is -2.59. The van der Waals surface area contributed by atoms with Gasteiger partial charge in [0.25, 0.3) is 0 Å². The molecule has 3 aliphatic rings. The van der Waals surface area contributed by atoms with Gasteiger partial charge in [0.15, 0.2) is 5.78 Å². The van der Waals surface area contributed by atoms with Gasteiger partial charge in [0, 0.05) is 13.0 Å². The van der Waals surface area contributed by atoms with Crippen molar-refractivity contribution in [3.8, 4) is 0 Å². The summed E-state index contributed by atoms with van der Waals surface area (Å²) in [6.45, 7) is 5.02. The second-order valence-electron chi connectivity index (χ2n) is 7.54. The molecule has 0 aromatic heterocycles. The van der Waals surface area contributed by atoms with Crippen LogP contribution in [0.15, 0.2) is 11.6 Å². The van der Waals surface area contributed by atoms with Crippen molar-refractivity contribution in [3.05, 3.63) is 11.6 Å². The highest BCUT2D eigenvalue weighted by molar-refractivity contribution is 5.91. The third-order valence-corrected chi connectivity index (χ3v) is 6.45. The Bertz CT molecular complexity index is 425. The first-order chi connectivity index (χ1) is 8.99. The van der Waals surface area contributed by atoms with Crippen LogP contribution in [-0.4, -0.2) is 17.5 Å². The summed E-state index contributed by atoms with van der Waals surface area (Å²) < 4.78 is 0. The van der Waals surface area contributed by atoms with Crippen LogP contribution in [0.3, 0.4) is 0 Å². The molecule has 2 nitrogen and oxygen atoms in total. The van der Waals surface area contributed by atoms with E-state index in [4.69, 9.17) is 0 Å². The van der Waals surface area contributed by atoms with E-state index in [1.165, 1.54) is 18.4 Å². The Morgan fingerprint density at radius 2 is 2.05 bits per heavy atom. The van der Waals surface area contributed by atoms with Crippen LogP contribution in [0.1, 0.15) is 58.8 Å². The van der Waals surface area contributed by atoms with Crippen molar-refractivity contribution in [2.75, 3.05) is 6.61 Å². The highest BCUT2D eigenvalue weighted by Crippen LogP contribution is 2.62. The van der Waals surface area contributed by atoms with Crippen molar-refractivity contribution in [2.45, 2.75) is 58.8 Å². The second kappa shape index (κ2) is 4.44. The number of aliphatic hydroxyl groups excluding tert-OH is 1. The minimum atomic E-state index is 0.0972. The molecule has 4 atom stereocenters. The lowest BCUT2D eigenvalue weighted by molar-refractivity contribution is -0.118. The number of carbonyl (C=O) groups excluding carboxylic acids is 1. The van der Waals surface area contributed by atoms with Crippen molar-refractivity contribution in [3.63, 3.8) is 0 Å². The summed E-state index contributed by atoms with van der Waals surface area (Å²) in [6.07, 6.45) is 9.60. The first-order valence-electron chi connectivity index (χ1n) is 7.84. The summed E-state index contributed by atoms with van der Waals surface area (Å²) in [4.78, 5) is 11.6. The Balaban J connectivity index is 1.97. The van der Waals surface area contributed by atoms with Crippen molar-refractivity contribution >= 4 is 5.78 Å². The zero-order valence-corrected chi connectivity index (χ0v) is 12.2. The summed E-state index contributed by atoms with van der Waals surface area (Å²) in [6, 6.07) is 0. The topological polar surface area (TPSA) is 37.3 Å². The molecule has 3 aliphatic carbocycles. The van der Waals surface area contributed by atoms with Gasteiger partial charge in [-0.05, 0) is 60.8 Å². The molecule has 0 heterocycles.